The smallest absolute Gasteiger partial charge is 0.279 e. The molecular formula is C11H9ClN4O2S2. The van der Waals surface area contributed by atoms with Crippen molar-refractivity contribution in [2.75, 3.05) is 4.72 Å². The number of benzene rings is 1. The number of aromatic amines is 1. The maximum Gasteiger partial charge on any atom is 0.279 e. The lowest BCUT2D eigenvalue weighted by Crippen LogP contribution is -2.14. The van der Waals surface area contributed by atoms with Gasteiger partial charge in [0.15, 0.2) is 5.03 Å². The molecule has 0 spiro atoms. The monoisotopic (exact) mass is 328 g/mol. The molecule has 2 heterocycles. The maximum atomic E-state index is 12.3. The van der Waals surface area contributed by atoms with Crippen molar-refractivity contribution in [2.24, 2.45) is 0 Å². The fraction of sp³-hybridized carbons (Fsp3) is 0.0909. The molecule has 2 aromatic heterocycles. The van der Waals surface area contributed by atoms with E-state index in [0.717, 1.165) is 4.70 Å². The molecular weight excluding hydrogens is 320 g/mol. The highest BCUT2D eigenvalue weighted by Crippen LogP contribution is 2.33. The highest BCUT2D eigenvalue weighted by Gasteiger charge is 2.20. The summed E-state index contributed by atoms with van der Waals surface area (Å²) in [6.45, 7) is 1.67. The highest BCUT2D eigenvalue weighted by molar-refractivity contribution is 7.92. The van der Waals surface area contributed by atoms with Gasteiger partial charge in [-0.15, -0.1) is 11.3 Å². The summed E-state index contributed by atoms with van der Waals surface area (Å²) in [5.41, 5.74) is 2.44. The molecule has 0 atom stereocenters. The van der Waals surface area contributed by atoms with Crippen molar-refractivity contribution in [1.82, 2.24) is 15.0 Å². The first-order valence-electron chi connectivity index (χ1n) is 5.53. The quantitative estimate of drug-likeness (QED) is 0.773. The van der Waals surface area contributed by atoms with Crippen LogP contribution in [0.5, 0.6) is 0 Å². The Hall–Kier alpha value is -1.64. The van der Waals surface area contributed by atoms with Crippen LogP contribution in [0.2, 0.25) is 5.02 Å². The molecule has 0 aliphatic rings. The number of H-pyrrole nitrogens is 1. The molecule has 9 heteroatoms. The molecule has 1 aromatic carbocycles. The van der Waals surface area contributed by atoms with Gasteiger partial charge >= 0.3 is 0 Å². The predicted octanol–water partition coefficient (Wildman–Crippen LogP) is 2.78. The van der Waals surface area contributed by atoms with Gasteiger partial charge in [0.05, 0.1) is 27.1 Å². The molecule has 0 bridgehead atoms. The number of hydrogen-bond acceptors (Lipinski definition) is 5. The molecule has 104 valence electrons. The second kappa shape index (κ2) is 4.72. The minimum atomic E-state index is -3.77. The number of sulfonamides is 1. The van der Waals surface area contributed by atoms with Crippen LogP contribution >= 0.6 is 22.9 Å². The first-order valence-corrected chi connectivity index (χ1v) is 8.27. The maximum absolute atomic E-state index is 12.3. The number of nitrogens with one attached hydrogen (secondary N) is 2. The van der Waals surface area contributed by atoms with Gasteiger partial charge in [0.1, 0.15) is 11.3 Å². The van der Waals surface area contributed by atoms with E-state index in [1.165, 1.54) is 17.5 Å². The van der Waals surface area contributed by atoms with Gasteiger partial charge in [-0.25, -0.2) is 9.97 Å². The normalized spacial score (nSPS) is 11.9. The van der Waals surface area contributed by atoms with Crippen molar-refractivity contribution in [1.29, 1.82) is 0 Å². The molecule has 3 aromatic rings. The zero-order valence-corrected chi connectivity index (χ0v) is 12.6. The lowest BCUT2D eigenvalue weighted by Gasteiger charge is -2.08. The second-order valence-corrected chi connectivity index (χ2v) is 7.00. The van der Waals surface area contributed by atoms with Crippen LogP contribution in [-0.2, 0) is 10.0 Å². The fourth-order valence-corrected chi connectivity index (χ4v) is 3.73. The van der Waals surface area contributed by atoms with Crippen molar-refractivity contribution < 1.29 is 8.42 Å². The van der Waals surface area contributed by atoms with Crippen LogP contribution in [0.25, 0.3) is 10.2 Å². The van der Waals surface area contributed by atoms with Gasteiger partial charge in [0, 0.05) is 0 Å². The molecule has 0 radical (unpaired) electrons. The van der Waals surface area contributed by atoms with Gasteiger partial charge in [-0.3, -0.25) is 4.72 Å². The Morgan fingerprint density at radius 3 is 2.85 bits per heavy atom. The van der Waals surface area contributed by atoms with Crippen molar-refractivity contribution in [3.63, 3.8) is 0 Å². The van der Waals surface area contributed by atoms with Crippen LogP contribution in [0.3, 0.4) is 0 Å². The van der Waals surface area contributed by atoms with E-state index in [1.54, 1.807) is 24.6 Å². The molecule has 20 heavy (non-hydrogen) atoms. The minimum absolute atomic E-state index is 0.0155. The Balaban J connectivity index is 2.09. The van der Waals surface area contributed by atoms with Crippen LogP contribution in [0.1, 0.15) is 5.82 Å². The fourth-order valence-electron chi connectivity index (χ4n) is 1.73. The number of thiazole rings is 1. The van der Waals surface area contributed by atoms with Crippen molar-refractivity contribution in [2.45, 2.75) is 11.9 Å². The molecule has 6 nitrogen and oxygen atoms in total. The predicted molar refractivity (Wildman–Crippen MR) is 78.8 cm³/mol. The number of anilines is 1. The van der Waals surface area contributed by atoms with E-state index in [9.17, 15) is 8.42 Å². The van der Waals surface area contributed by atoms with E-state index >= 15 is 0 Å². The number of rotatable bonds is 3. The van der Waals surface area contributed by atoms with Gasteiger partial charge in [-0.2, -0.15) is 8.42 Å². The van der Waals surface area contributed by atoms with E-state index in [-0.39, 0.29) is 10.7 Å². The lowest BCUT2D eigenvalue weighted by molar-refractivity contribution is 0.598. The molecule has 0 unspecified atom stereocenters. The summed E-state index contributed by atoms with van der Waals surface area (Å²) in [6.07, 6.45) is 1.26. The van der Waals surface area contributed by atoms with E-state index < -0.39 is 10.0 Å². The average Bonchev–Trinajstić information content (AvgIpc) is 3.01. The highest BCUT2D eigenvalue weighted by atomic mass is 35.5. The first kappa shape index (κ1) is 13.3. The van der Waals surface area contributed by atoms with Crippen molar-refractivity contribution >= 4 is 48.9 Å². The number of imidazole rings is 1. The topological polar surface area (TPSA) is 87.7 Å². The third-order valence-electron chi connectivity index (χ3n) is 2.66. The number of nitrogens with zero attached hydrogens (tertiary/aromatic N) is 2. The van der Waals surface area contributed by atoms with E-state index in [2.05, 4.69) is 19.7 Å². The van der Waals surface area contributed by atoms with Crippen LogP contribution < -0.4 is 4.72 Å². The second-order valence-electron chi connectivity index (χ2n) is 4.06. The SMILES string of the molecule is Cc1ncc(S(=O)(=O)Nc2c(Cl)ccc3scnc23)[nH]1. The zero-order chi connectivity index (χ0) is 14.3. The molecule has 2 N–H and O–H groups in total. The molecule has 3 rings (SSSR count). The number of halogens is 1. The van der Waals surface area contributed by atoms with E-state index in [1.807, 2.05) is 0 Å². The van der Waals surface area contributed by atoms with E-state index in [0.29, 0.717) is 16.4 Å². The van der Waals surface area contributed by atoms with Crippen molar-refractivity contribution in [3.05, 3.63) is 34.7 Å². The van der Waals surface area contributed by atoms with Crippen LogP contribution in [-0.4, -0.2) is 23.4 Å². The molecule has 0 amide bonds. The minimum Gasteiger partial charge on any atom is -0.332 e. The standard InChI is InChI=1S/C11H9ClN4O2S2/c1-6-13-4-9(15-6)20(17,18)16-10-7(12)2-3-8-11(10)14-5-19-8/h2-5,16H,1H3,(H,13,15). The number of aryl methyl sites for hydroxylation is 1. The van der Waals surface area contributed by atoms with Crippen molar-refractivity contribution in [3.8, 4) is 0 Å². The molecule has 0 saturated carbocycles. The average molecular weight is 329 g/mol. The lowest BCUT2D eigenvalue weighted by atomic mass is 10.3. The van der Waals surface area contributed by atoms with Gasteiger partial charge in [-0.05, 0) is 19.1 Å². The van der Waals surface area contributed by atoms with Crippen LogP contribution in [0.4, 0.5) is 5.69 Å². The molecule has 0 saturated heterocycles. The van der Waals surface area contributed by atoms with Gasteiger partial charge in [-0.1, -0.05) is 11.6 Å². The zero-order valence-electron chi connectivity index (χ0n) is 10.2. The number of fused-ring (bicyclic) bond motifs is 1. The largest absolute Gasteiger partial charge is 0.332 e. The summed E-state index contributed by atoms with van der Waals surface area (Å²) in [4.78, 5) is 10.7. The first-order chi connectivity index (χ1) is 9.47. The summed E-state index contributed by atoms with van der Waals surface area (Å²) in [5, 5.41) is 0.279. The Labute approximate surface area is 123 Å². The summed E-state index contributed by atoms with van der Waals surface area (Å²) in [5.74, 6) is 0.517. The molecule has 0 aliphatic heterocycles. The summed E-state index contributed by atoms with van der Waals surface area (Å²) in [6, 6.07) is 3.44. The summed E-state index contributed by atoms with van der Waals surface area (Å²) >= 11 is 7.48. The van der Waals surface area contributed by atoms with Crippen LogP contribution in [0, 0.1) is 6.92 Å². The van der Waals surface area contributed by atoms with E-state index in [4.69, 9.17) is 11.6 Å². The number of hydrogen-bond donors (Lipinski definition) is 2. The van der Waals surface area contributed by atoms with Gasteiger partial charge in [0.25, 0.3) is 10.0 Å². The van der Waals surface area contributed by atoms with Gasteiger partial charge < -0.3 is 4.98 Å². The summed E-state index contributed by atoms with van der Waals surface area (Å²) < 4.78 is 27.8. The molecule has 0 fully saturated rings. The van der Waals surface area contributed by atoms with Gasteiger partial charge in [0.2, 0.25) is 0 Å². The Bertz CT molecular complexity index is 885. The molecule has 0 aliphatic carbocycles. The third-order valence-corrected chi connectivity index (χ3v) is 5.03. The van der Waals surface area contributed by atoms with Crippen LogP contribution in [0.15, 0.2) is 28.9 Å². The Kier molecular flexibility index (Phi) is 3.15. The number of aromatic nitrogens is 3. The Morgan fingerprint density at radius 1 is 1.35 bits per heavy atom. The Morgan fingerprint density at radius 2 is 2.15 bits per heavy atom. The third kappa shape index (κ3) is 2.26. The summed E-state index contributed by atoms with van der Waals surface area (Å²) in [7, 11) is -3.77.